The van der Waals surface area contributed by atoms with Crippen LogP contribution in [0.5, 0.6) is 0 Å². The number of allylic oxidation sites excluding steroid dienone is 1. The third-order valence-corrected chi connectivity index (χ3v) is 7.28. The summed E-state index contributed by atoms with van der Waals surface area (Å²) in [5.41, 5.74) is 7.49. The summed E-state index contributed by atoms with van der Waals surface area (Å²) in [6, 6.07) is 8.99. The van der Waals surface area contributed by atoms with Gasteiger partial charge in [-0.2, -0.15) is 0 Å². The first-order chi connectivity index (χ1) is 16.0. The van der Waals surface area contributed by atoms with E-state index in [1.54, 1.807) is 6.92 Å². The van der Waals surface area contributed by atoms with E-state index in [-0.39, 0.29) is 0 Å². The van der Waals surface area contributed by atoms with E-state index in [4.69, 9.17) is 0 Å². The molecule has 0 radical (unpaired) electrons. The van der Waals surface area contributed by atoms with Crippen LogP contribution in [0.1, 0.15) is 82.0 Å². The summed E-state index contributed by atoms with van der Waals surface area (Å²) in [6.07, 6.45) is 15.2. The van der Waals surface area contributed by atoms with Crippen molar-refractivity contribution >= 4 is 23.8 Å². The molecule has 1 atom stereocenters. The molecule has 4 rings (SSSR count). The zero-order valence-corrected chi connectivity index (χ0v) is 20.2. The molecule has 4 heteroatoms. The lowest BCUT2D eigenvalue weighted by atomic mass is 9.81. The van der Waals surface area contributed by atoms with Gasteiger partial charge in [-0.3, -0.25) is 0 Å². The minimum absolute atomic E-state index is 0.320. The van der Waals surface area contributed by atoms with Gasteiger partial charge in [-0.15, -0.1) is 0 Å². The quantitative estimate of drug-likeness (QED) is 0.487. The molecule has 2 aliphatic rings. The second-order valence-electron chi connectivity index (χ2n) is 9.43. The minimum atomic E-state index is -0.876. The Morgan fingerprint density at radius 3 is 2.55 bits per heavy atom. The fourth-order valence-corrected chi connectivity index (χ4v) is 5.62. The van der Waals surface area contributed by atoms with Gasteiger partial charge in [0.2, 0.25) is 0 Å². The number of aliphatic carboxylic acids is 1. The Kier molecular flexibility index (Phi) is 6.92. The van der Waals surface area contributed by atoms with Crippen molar-refractivity contribution in [3.63, 3.8) is 0 Å². The normalized spacial score (nSPS) is 19.7. The fraction of sp³-hybridized carbons (Fsp3) is 0.414. The second kappa shape index (κ2) is 9.86. The van der Waals surface area contributed by atoms with E-state index >= 15 is 0 Å². The van der Waals surface area contributed by atoms with Gasteiger partial charge in [-0.05, 0) is 63.7 Å². The summed E-state index contributed by atoms with van der Waals surface area (Å²) < 4.78 is 2.38. The van der Waals surface area contributed by atoms with Gasteiger partial charge in [-0.1, -0.05) is 56.2 Å². The third kappa shape index (κ3) is 4.31. The highest BCUT2D eigenvalue weighted by Gasteiger charge is 2.31. The zero-order valence-electron chi connectivity index (χ0n) is 20.2. The smallest absolute Gasteiger partial charge is 0.331 e. The predicted molar refractivity (Wildman–Crippen MR) is 138 cm³/mol. The molecule has 2 heterocycles. The van der Waals surface area contributed by atoms with Crippen molar-refractivity contribution in [2.45, 2.75) is 77.8 Å². The summed E-state index contributed by atoms with van der Waals surface area (Å²) >= 11 is 0. The largest absolute Gasteiger partial charge is 0.478 e. The number of hydrogen-bond acceptors (Lipinski definition) is 2. The summed E-state index contributed by atoms with van der Waals surface area (Å²) in [7, 11) is 0. The van der Waals surface area contributed by atoms with Gasteiger partial charge in [0, 0.05) is 41.2 Å². The molecule has 33 heavy (non-hydrogen) atoms. The SMILES string of the molecule is C=Cc1c(C2CCCCC2)c2n(c1/C=C(\C)C(=O)O)CCC(C)N(/C=C\C)c1ccccc1-2. The van der Waals surface area contributed by atoms with E-state index in [1.807, 2.05) is 12.2 Å². The van der Waals surface area contributed by atoms with E-state index < -0.39 is 5.97 Å². The number of fused-ring (bicyclic) bond motifs is 3. The van der Waals surface area contributed by atoms with Gasteiger partial charge in [0.1, 0.15) is 0 Å². The molecule has 0 spiro atoms. The number of aromatic nitrogens is 1. The van der Waals surface area contributed by atoms with Crippen LogP contribution in [-0.2, 0) is 11.3 Å². The first-order valence-electron chi connectivity index (χ1n) is 12.3. The molecule has 1 fully saturated rings. The first-order valence-corrected chi connectivity index (χ1v) is 12.3. The molecular weight excluding hydrogens is 408 g/mol. The molecule has 1 unspecified atom stereocenters. The maximum Gasteiger partial charge on any atom is 0.331 e. The average Bonchev–Trinajstić information content (AvgIpc) is 3.13. The summed E-state index contributed by atoms with van der Waals surface area (Å²) in [5.74, 6) is -0.404. The first kappa shape index (κ1) is 23.2. The predicted octanol–water partition coefficient (Wildman–Crippen LogP) is 7.47. The van der Waals surface area contributed by atoms with Crippen molar-refractivity contribution in [3.8, 4) is 11.3 Å². The van der Waals surface area contributed by atoms with E-state index in [0.29, 0.717) is 17.5 Å². The Balaban J connectivity index is 2.07. The van der Waals surface area contributed by atoms with Crippen molar-refractivity contribution in [2.24, 2.45) is 0 Å². The Morgan fingerprint density at radius 1 is 1.15 bits per heavy atom. The Hall–Kier alpha value is -3.01. The standard InChI is InChI=1S/C29H36N2O2/c1-5-17-30-21(4)16-18-31-26(19-20(3)29(32)33)23(6-2)27(22-12-8-7-9-13-22)28(31)24-14-10-11-15-25(24)30/h5-6,10-11,14-15,17,19,21-22H,2,7-9,12-13,16,18H2,1,3-4H3,(H,32,33)/b17-5-,20-19+. The van der Waals surface area contributed by atoms with Crippen LogP contribution in [0.4, 0.5) is 5.69 Å². The molecule has 1 aliphatic carbocycles. The third-order valence-electron chi connectivity index (χ3n) is 7.28. The highest BCUT2D eigenvalue weighted by molar-refractivity contribution is 5.93. The van der Waals surface area contributed by atoms with Crippen molar-refractivity contribution in [2.75, 3.05) is 4.90 Å². The van der Waals surface area contributed by atoms with Crippen molar-refractivity contribution in [1.29, 1.82) is 0 Å². The Morgan fingerprint density at radius 2 is 1.88 bits per heavy atom. The zero-order chi connectivity index (χ0) is 23.5. The fourth-order valence-electron chi connectivity index (χ4n) is 5.62. The topological polar surface area (TPSA) is 45.5 Å². The van der Waals surface area contributed by atoms with Crippen LogP contribution in [-0.4, -0.2) is 21.7 Å². The maximum absolute atomic E-state index is 11.8. The number of nitrogens with zero attached hydrogens (tertiary/aromatic N) is 2. The number of anilines is 1. The molecule has 0 saturated heterocycles. The van der Waals surface area contributed by atoms with Crippen LogP contribution in [0.25, 0.3) is 23.4 Å². The molecule has 4 nitrogen and oxygen atoms in total. The molecule has 0 bridgehead atoms. The lowest BCUT2D eigenvalue weighted by molar-refractivity contribution is -0.132. The molecule has 1 saturated carbocycles. The number of para-hydroxylation sites is 1. The Labute approximate surface area is 197 Å². The number of carboxylic acids is 1. The molecule has 1 aliphatic heterocycles. The van der Waals surface area contributed by atoms with Crippen LogP contribution < -0.4 is 4.90 Å². The second-order valence-corrected chi connectivity index (χ2v) is 9.43. The molecule has 1 aromatic carbocycles. The molecule has 1 aromatic heterocycles. The summed E-state index contributed by atoms with van der Waals surface area (Å²) in [4.78, 5) is 14.1. The van der Waals surface area contributed by atoms with Crippen LogP contribution >= 0.6 is 0 Å². The van der Waals surface area contributed by atoms with Gasteiger partial charge in [0.15, 0.2) is 0 Å². The van der Waals surface area contributed by atoms with E-state index in [0.717, 1.165) is 24.2 Å². The van der Waals surface area contributed by atoms with E-state index in [2.05, 4.69) is 66.4 Å². The molecule has 1 N–H and O–H groups in total. The van der Waals surface area contributed by atoms with Crippen LogP contribution in [0.3, 0.4) is 0 Å². The lowest BCUT2D eigenvalue weighted by Gasteiger charge is -2.34. The van der Waals surface area contributed by atoms with Gasteiger partial charge in [-0.25, -0.2) is 4.79 Å². The summed E-state index contributed by atoms with van der Waals surface area (Å²) in [6.45, 7) is 11.0. The monoisotopic (exact) mass is 444 g/mol. The number of carboxylic acid groups (broad SMARTS) is 1. The van der Waals surface area contributed by atoms with E-state index in [1.165, 1.54) is 54.6 Å². The maximum atomic E-state index is 11.8. The van der Waals surface area contributed by atoms with Gasteiger partial charge in [0.25, 0.3) is 0 Å². The number of hydrogen-bond donors (Lipinski definition) is 1. The lowest BCUT2D eigenvalue weighted by Crippen LogP contribution is -2.31. The van der Waals surface area contributed by atoms with Crippen LogP contribution in [0, 0.1) is 0 Å². The highest BCUT2D eigenvalue weighted by Crippen LogP contribution is 2.47. The average molecular weight is 445 g/mol. The summed E-state index contributed by atoms with van der Waals surface area (Å²) in [5, 5.41) is 9.64. The van der Waals surface area contributed by atoms with Crippen molar-refractivity contribution in [1.82, 2.24) is 4.57 Å². The number of rotatable bonds is 5. The van der Waals surface area contributed by atoms with E-state index in [9.17, 15) is 9.90 Å². The van der Waals surface area contributed by atoms with Crippen molar-refractivity contribution in [3.05, 3.63) is 65.5 Å². The molecule has 0 amide bonds. The van der Waals surface area contributed by atoms with Gasteiger partial charge < -0.3 is 14.6 Å². The highest BCUT2D eigenvalue weighted by atomic mass is 16.4. The van der Waals surface area contributed by atoms with Gasteiger partial charge in [0.05, 0.1) is 11.4 Å². The Bertz CT molecular complexity index is 1100. The minimum Gasteiger partial charge on any atom is -0.478 e. The van der Waals surface area contributed by atoms with Crippen LogP contribution in [0.2, 0.25) is 0 Å². The van der Waals surface area contributed by atoms with Crippen LogP contribution in [0.15, 0.2) is 48.7 Å². The molecular formula is C29H36N2O2. The van der Waals surface area contributed by atoms with Crippen molar-refractivity contribution < 1.29 is 9.90 Å². The number of carbonyl (C=O) groups is 1. The molecule has 2 aromatic rings. The molecule has 174 valence electrons. The van der Waals surface area contributed by atoms with Gasteiger partial charge >= 0.3 is 5.97 Å². The number of benzene rings is 1.